The Balaban J connectivity index is 2.06. The highest BCUT2D eigenvalue weighted by Gasteiger charge is 2.10. The quantitative estimate of drug-likeness (QED) is 0.912. The van der Waals surface area contributed by atoms with E-state index in [1.165, 1.54) is 5.56 Å². The van der Waals surface area contributed by atoms with Gasteiger partial charge in [0.1, 0.15) is 0 Å². The highest BCUT2D eigenvalue weighted by Crippen LogP contribution is 2.18. The van der Waals surface area contributed by atoms with E-state index in [0.717, 1.165) is 29.1 Å². The second-order valence-corrected chi connectivity index (χ2v) is 5.18. The molecule has 2 rings (SSSR count). The third-order valence-electron chi connectivity index (χ3n) is 2.92. The van der Waals surface area contributed by atoms with Crippen molar-refractivity contribution in [1.29, 1.82) is 0 Å². The van der Waals surface area contributed by atoms with Gasteiger partial charge in [-0.2, -0.15) is 0 Å². The molecule has 0 fully saturated rings. The van der Waals surface area contributed by atoms with Crippen LogP contribution in [-0.4, -0.2) is 23.1 Å². The van der Waals surface area contributed by atoms with Crippen molar-refractivity contribution < 1.29 is 9.90 Å². The van der Waals surface area contributed by atoms with Crippen LogP contribution < -0.4 is 4.90 Å². The number of carboxylic acid groups (broad SMARTS) is 1. The van der Waals surface area contributed by atoms with Crippen LogP contribution >= 0.6 is 11.3 Å². The molecule has 1 aromatic carbocycles. The summed E-state index contributed by atoms with van der Waals surface area (Å²) in [5.41, 5.74) is 3.19. The molecule has 2 aromatic rings. The average molecular weight is 276 g/mol. The lowest BCUT2D eigenvalue weighted by atomic mass is 10.1. The van der Waals surface area contributed by atoms with Crippen LogP contribution in [0.1, 0.15) is 28.0 Å². The first-order chi connectivity index (χ1) is 9.10. The Morgan fingerprint density at radius 3 is 2.58 bits per heavy atom. The minimum Gasteiger partial charge on any atom is -0.476 e. The van der Waals surface area contributed by atoms with Gasteiger partial charge < -0.3 is 10.0 Å². The Hall–Kier alpha value is -1.88. The number of aryl methyl sites for hydroxylation is 1. The van der Waals surface area contributed by atoms with Crippen molar-refractivity contribution in [1.82, 2.24) is 4.98 Å². The van der Waals surface area contributed by atoms with Gasteiger partial charge in [0.25, 0.3) is 0 Å². The van der Waals surface area contributed by atoms with Crippen molar-refractivity contribution in [2.45, 2.75) is 19.9 Å². The molecule has 4 nitrogen and oxygen atoms in total. The summed E-state index contributed by atoms with van der Waals surface area (Å²) in [6.45, 7) is 2.73. The third-order valence-corrected chi connectivity index (χ3v) is 3.80. The normalized spacial score (nSPS) is 10.4. The number of carbonyl (C=O) groups is 1. The Kier molecular flexibility index (Phi) is 4.16. The maximum atomic E-state index is 10.8. The molecule has 0 unspecified atom stereocenters. The molecule has 0 aliphatic carbocycles. The Bertz CT molecular complexity index is 563. The first kappa shape index (κ1) is 13.5. The fraction of sp³-hybridized carbons (Fsp3) is 0.286. The number of anilines is 1. The maximum absolute atomic E-state index is 10.8. The molecule has 0 aliphatic heterocycles. The molecule has 5 heteroatoms. The topological polar surface area (TPSA) is 53.4 Å². The number of nitrogens with zero attached hydrogens (tertiary/aromatic N) is 2. The molecule has 0 atom stereocenters. The molecule has 0 radical (unpaired) electrons. The van der Waals surface area contributed by atoms with E-state index in [1.807, 2.05) is 7.05 Å². The number of rotatable bonds is 5. The highest BCUT2D eigenvalue weighted by atomic mass is 32.1. The van der Waals surface area contributed by atoms with E-state index in [1.54, 1.807) is 5.38 Å². The predicted octanol–water partition coefficient (Wildman–Crippen LogP) is 3.04. The van der Waals surface area contributed by atoms with E-state index in [-0.39, 0.29) is 5.01 Å². The lowest BCUT2D eigenvalue weighted by Gasteiger charge is -2.18. The van der Waals surface area contributed by atoms with Crippen LogP contribution in [0.15, 0.2) is 29.6 Å². The number of hydrogen-bond donors (Lipinski definition) is 1. The van der Waals surface area contributed by atoms with Crippen molar-refractivity contribution in [3.05, 3.63) is 45.9 Å². The predicted molar refractivity (Wildman–Crippen MR) is 77.0 cm³/mol. The number of carboxylic acids is 1. The van der Waals surface area contributed by atoms with Gasteiger partial charge in [0, 0.05) is 18.1 Å². The summed E-state index contributed by atoms with van der Waals surface area (Å²) in [7, 11) is 1.97. The number of hydrogen-bond acceptors (Lipinski definition) is 4. The molecular formula is C14H16N2O2S. The van der Waals surface area contributed by atoms with Gasteiger partial charge in [0.2, 0.25) is 5.01 Å². The summed E-state index contributed by atoms with van der Waals surface area (Å²) in [4.78, 5) is 16.9. The molecule has 0 spiro atoms. The van der Waals surface area contributed by atoms with Gasteiger partial charge in [-0.3, -0.25) is 0 Å². The van der Waals surface area contributed by atoms with E-state index >= 15 is 0 Å². The van der Waals surface area contributed by atoms with Crippen molar-refractivity contribution in [3.63, 3.8) is 0 Å². The Morgan fingerprint density at radius 1 is 1.37 bits per heavy atom. The van der Waals surface area contributed by atoms with Gasteiger partial charge in [0.05, 0.1) is 12.2 Å². The van der Waals surface area contributed by atoms with Gasteiger partial charge in [-0.25, -0.2) is 9.78 Å². The molecular weight excluding hydrogens is 260 g/mol. The standard InChI is InChI=1S/C14H16N2O2S/c1-3-10-4-6-12(7-5-10)16(2)8-11-9-19-13(15-11)14(17)18/h4-7,9H,3,8H2,1-2H3,(H,17,18). The molecule has 1 N–H and O–H groups in total. The van der Waals surface area contributed by atoms with Crippen LogP contribution in [0, 0.1) is 0 Å². The zero-order valence-corrected chi connectivity index (χ0v) is 11.8. The molecule has 100 valence electrons. The molecule has 0 aliphatic rings. The van der Waals surface area contributed by atoms with Crippen LogP contribution in [0.2, 0.25) is 0 Å². The number of aromatic carboxylic acids is 1. The molecule has 0 bridgehead atoms. The van der Waals surface area contributed by atoms with Crippen molar-refractivity contribution in [3.8, 4) is 0 Å². The lowest BCUT2D eigenvalue weighted by molar-refractivity contribution is 0.0696. The summed E-state index contributed by atoms with van der Waals surface area (Å²) in [6.07, 6.45) is 1.03. The first-order valence-corrected chi connectivity index (χ1v) is 6.96. The van der Waals surface area contributed by atoms with Crippen LogP contribution in [0.5, 0.6) is 0 Å². The summed E-state index contributed by atoms with van der Waals surface area (Å²) < 4.78 is 0. The summed E-state index contributed by atoms with van der Waals surface area (Å²) >= 11 is 1.16. The average Bonchev–Trinajstić information content (AvgIpc) is 2.87. The fourth-order valence-corrected chi connectivity index (χ4v) is 2.44. The molecule has 1 aromatic heterocycles. The Labute approximate surface area is 116 Å². The number of aromatic nitrogens is 1. The van der Waals surface area contributed by atoms with Gasteiger partial charge in [0.15, 0.2) is 0 Å². The maximum Gasteiger partial charge on any atom is 0.365 e. The zero-order chi connectivity index (χ0) is 13.8. The second-order valence-electron chi connectivity index (χ2n) is 4.33. The largest absolute Gasteiger partial charge is 0.476 e. The number of thiazole rings is 1. The molecule has 1 heterocycles. The number of benzene rings is 1. The van der Waals surface area contributed by atoms with Crippen molar-refractivity contribution >= 4 is 23.0 Å². The van der Waals surface area contributed by atoms with E-state index in [2.05, 4.69) is 41.1 Å². The fourth-order valence-electron chi connectivity index (χ4n) is 1.80. The smallest absolute Gasteiger partial charge is 0.365 e. The SMILES string of the molecule is CCc1ccc(N(C)Cc2csc(C(=O)O)n2)cc1. The molecule has 0 amide bonds. The lowest BCUT2D eigenvalue weighted by Crippen LogP contribution is -2.16. The second kappa shape index (κ2) is 5.84. The van der Waals surface area contributed by atoms with Crippen LogP contribution in [0.25, 0.3) is 0 Å². The third kappa shape index (κ3) is 3.32. The van der Waals surface area contributed by atoms with E-state index in [4.69, 9.17) is 5.11 Å². The van der Waals surface area contributed by atoms with Gasteiger partial charge >= 0.3 is 5.97 Å². The van der Waals surface area contributed by atoms with Crippen molar-refractivity contribution in [2.75, 3.05) is 11.9 Å². The zero-order valence-electron chi connectivity index (χ0n) is 11.0. The first-order valence-electron chi connectivity index (χ1n) is 6.08. The van der Waals surface area contributed by atoms with E-state index in [9.17, 15) is 4.79 Å². The van der Waals surface area contributed by atoms with Crippen LogP contribution in [0.4, 0.5) is 5.69 Å². The molecule has 19 heavy (non-hydrogen) atoms. The van der Waals surface area contributed by atoms with E-state index in [0.29, 0.717) is 6.54 Å². The Morgan fingerprint density at radius 2 is 2.05 bits per heavy atom. The van der Waals surface area contributed by atoms with E-state index < -0.39 is 5.97 Å². The molecule has 0 saturated heterocycles. The van der Waals surface area contributed by atoms with Crippen LogP contribution in [-0.2, 0) is 13.0 Å². The highest BCUT2D eigenvalue weighted by molar-refractivity contribution is 7.11. The summed E-state index contributed by atoms with van der Waals surface area (Å²) in [6, 6.07) is 8.36. The van der Waals surface area contributed by atoms with Gasteiger partial charge in [-0.05, 0) is 24.1 Å². The minimum absolute atomic E-state index is 0.143. The summed E-state index contributed by atoms with van der Waals surface area (Å²) in [5, 5.41) is 10.8. The van der Waals surface area contributed by atoms with Gasteiger partial charge in [-0.15, -0.1) is 11.3 Å². The monoisotopic (exact) mass is 276 g/mol. The minimum atomic E-state index is -0.966. The van der Waals surface area contributed by atoms with Gasteiger partial charge in [-0.1, -0.05) is 19.1 Å². The summed E-state index contributed by atoms with van der Waals surface area (Å²) in [5.74, 6) is -0.966. The van der Waals surface area contributed by atoms with Crippen molar-refractivity contribution in [2.24, 2.45) is 0 Å². The molecule has 0 saturated carbocycles. The van der Waals surface area contributed by atoms with Crippen LogP contribution in [0.3, 0.4) is 0 Å².